The molecule has 0 aromatic rings. The first-order chi connectivity index (χ1) is 12.0. The van der Waals surface area contributed by atoms with E-state index < -0.39 is 12.1 Å². The van der Waals surface area contributed by atoms with E-state index in [0.717, 1.165) is 51.4 Å². The first-order valence-corrected chi connectivity index (χ1v) is 9.97. The Morgan fingerprint density at radius 1 is 1.36 bits per heavy atom. The van der Waals surface area contributed by atoms with E-state index in [4.69, 9.17) is 5.11 Å². The summed E-state index contributed by atoms with van der Waals surface area (Å²) < 4.78 is 0. The van der Waals surface area contributed by atoms with Crippen LogP contribution in [0.3, 0.4) is 0 Å². The largest absolute Gasteiger partial charge is 0.481 e. The molecule has 0 spiro atoms. The maximum absolute atomic E-state index is 10.6. The summed E-state index contributed by atoms with van der Waals surface area (Å²) in [4.78, 5) is 10.6. The molecular weight excluding hydrogens is 316 g/mol. The van der Waals surface area contributed by atoms with Crippen molar-refractivity contribution in [3.05, 3.63) is 23.8 Å². The van der Waals surface area contributed by atoms with Gasteiger partial charge in [-0.05, 0) is 50.4 Å². The Kier molecular flexibility index (Phi) is 8.17. The van der Waals surface area contributed by atoms with Crippen LogP contribution in [0.4, 0.5) is 0 Å². The molecule has 4 heteroatoms. The number of aliphatic carboxylic acids is 1. The van der Waals surface area contributed by atoms with Gasteiger partial charge in [0.1, 0.15) is 0 Å². The lowest BCUT2D eigenvalue weighted by molar-refractivity contribution is -0.137. The molecule has 25 heavy (non-hydrogen) atoms. The second-order valence-corrected chi connectivity index (χ2v) is 7.77. The molecule has 3 N–H and O–H groups in total. The Bertz CT molecular complexity index is 482. The van der Waals surface area contributed by atoms with Gasteiger partial charge in [-0.25, -0.2) is 0 Å². The van der Waals surface area contributed by atoms with E-state index in [1.807, 2.05) is 6.08 Å². The second-order valence-electron chi connectivity index (χ2n) is 7.77. The monoisotopic (exact) mass is 350 g/mol. The van der Waals surface area contributed by atoms with E-state index in [9.17, 15) is 15.0 Å². The number of hydrogen-bond donors (Lipinski definition) is 3. The van der Waals surface area contributed by atoms with Crippen molar-refractivity contribution in [3.63, 3.8) is 0 Å². The minimum Gasteiger partial charge on any atom is -0.481 e. The van der Waals surface area contributed by atoms with E-state index in [1.54, 1.807) is 0 Å². The van der Waals surface area contributed by atoms with Gasteiger partial charge >= 0.3 is 5.97 Å². The highest BCUT2D eigenvalue weighted by Gasteiger charge is 2.41. The number of aliphatic hydroxyl groups is 2. The van der Waals surface area contributed by atoms with Crippen molar-refractivity contribution in [2.75, 3.05) is 0 Å². The molecule has 1 fully saturated rings. The fourth-order valence-corrected chi connectivity index (χ4v) is 4.42. The zero-order chi connectivity index (χ0) is 18.2. The van der Waals surface area contributed by atoms with Crippen molar-refractivity contribution in [2.24, 2.45) is 17.8 Å². The molecule has 2 aliphatic rings. The summed E-state index contributed by atoms with van der Waals surface area (Å²) in [7, 11) is 0. The van der Waals surface area contributed by atoms with E-state index in [2.05, 4.69) is 19.1 Å². The summed E-state index contributed by atoms with van der Waals surface area (Å²) in [6, 6.07) is 0. The van der Waals surface area contributed by atoms with Crippen LogP contribution >= 0.6 is 0 Å². The second kappa shape index (κ2) is 10.1. The first-order valence-electron chi connectivity index (χ1n) is 9.97. The summed E-state index contributed by atoms with van der Waals surface area (Å²) in [5, 5.41) is 29.3. The number of carboxylic acids is 1. The van der Waals surface area contributed by atoms with Crippen LogP contribution in [0.2, 0.25) is 0 Å². The average Bonchev–Trinajstić information content (AvgIpc) is 2.87. The van der Waals surface area contributed by atoms with Gasteiger partial charge in [0.05, 0.1) is 12.2 Å². The molecule has 4 nitrogen and oxygen atoms in total. The van der Waals surface area contributed by atoms with Gasteiger partial charge < -0.3 is 15.3 Å². The number of aliphatic hydroxyl groups excluding tert-OH is 2. The summed E-state index contributed by atoms with van der Waals surface area (Å²) in [5.74, 6) is 0.267. The lowest BCUT2D eigenvalue weighted by Crippen LogP contribution is -2.21. The Hall–Kier alpha value is -1.13. The van der Waals surface area contributed by atoms with E-state index >= 15 is 0 Å². The number of rotatable bonds is 10. The van der Waals surface area contributed by atoms with Gasteiger partial charge in [-0.1, -0.05) is 50.0 Å². The molecule has 0 heterocycles. The number of fused-ring (bicyclic) bond motifs is 1. The van der Waals surface area contributed by atoms with Crippen LogP contribution in [0.25, 0.3) is 0 Å². The average molecular weight is 350 g/mol. The highest BCUT2D eigenvalue weighted by Crippen LogP contribution is 2.46. The fourth-order valence-electron chi connectivity index (χ4n) is 4.42. The zero-order valence-electron chi connectivity index (χ0n) is 15.4. The molecule has 1 saturated carbocycles. The van der Waals surface area contributed by atoms with Gasteiger partial charge in [0, 0.05) is 12.3 Å². The summed E-state index contributed by atoms with van der Waals surface area (Å²) in [6.07, 6.45) is 14.3. The molecule has 0 amide bonds. The normalized spacial score (nSPS) is 30.3. The standard InChI is InChI=1S/C21H34O4/c1-2-3-4-7-17(22)10-12-19-18-11-9-15(6-5-8-21(24)25)13-16(18)14-20(19)23/h10,12-13,16-20,22-23H,2-9,11,14H2,1H3,(H,24,25)/t16-,17?,18+,19+,20-/m1/s1. The van der Waals surface area contributed by atoms with Crippen molar-refractivity contribution in [1.82, 2.24) is 0 Å². The van der Waals surface area contributed by atoms with Crippen LogP contribution in [0, 0.1) is 17.8 Å². The minimum atomic E-state index is -0.728. The molecule has 5 atom stereocenters. The lowest BCUT2D eigenvalue weighted by Gasteiger charge is -2.27. The fraction of sp³-hybridized carbons (Fsp3) is 0.762. The number of carbonyl (C=O) groups is 1. The third-order valence-corrected chi connectivity index (χ3v) is 5.80. The quantitative estimate of drug-likeness (QED) is 0.410. The highest BCUT2D eigenvalue weighted by atomic mass is 16.4. The number of allylic oxidation sites excluding steroid dienone is 2. The van der Waals surface area contributed by atoms with Gasteiger partial charge in [-0.15, -0.1) is 0 Å². The minimum absolute atomic E-state index is 0.141. The van der Waals surface area contributed by atoms with Gasteiger partial charge in [0.25, 0.3) is 0 Å². The Balaban J connectivity index is 1.86. The predicted octanol–water partition coefficient (Wildman–Crippen LogP) is 4.07. The van der Waals surface area contributed by atoms with Crippen molar-refractivity contribution in [2.45, 2.75) is 83.3 Å². The van der Waals surface area contributed by atoms with Crippen LogP contribution in [0.5, 0.6) is 0 Å². The van der Waals surface area contributed by atoms with Gasteiger partial charge in [-0.3, -0.25) is 4.79 Å². The molecule has 0 aromatic carbocycles. The third-order valence-electron chi connectivity index (χ3n) is 5.80. The summed E-state index contributed by atoms with van der Waals surface area (Å²) >= 11 is 0. The maximum atomic E-state index is 10.6. The van der Waals surface area contributed by atoms with Crippen LogP contribution in [0.15, 0.2) is 23.8 Å². The number of hydrogen-bond acceptors (Lipinski definition) is 3. The summed E-state index contributed by atoms with van der Waals surface area (Å²) in [6.45, 7) is 2.16. The number of carboxylic acid groups (broad SMARTS) is 1. The van der Waals surface area contributed by atoms with Crippen LogP contribution in [-0.4, -0.2) is 33.5 Å². The Labute approximate surface area is 151 Å². The van der Waals surface area contributed by atoms with Crippen LogP contribution < -0.4 is 0 Å². The van der Waals surface area contributed by atoms with Crippen molar-refractivity contribution in [1.29, 1.82) is 0 Å². The molecule has 0 radical (unpaired) electrons. The van der Waals surface area contributed by atoms with E-state index in [1.165, 1.54) is 5.57 Å². The van der Waals surface area contributed by atoms with Crippen LogP contribution in [-0.2, 0) is 4.79 Å². The van der Waals surface area contributed by atoms with E-state index in [-0.39, 0.29) is 18.4 Å². The Morgan fingerprint density at radius 2 is 2.16 bits per heavy atom. The Morgan fingerprint density at radius 3 is 2.88 bits per heavy atom. The predicted molar refractivity (Wildman–Crippen MR) is 99.2 cm³/mol. The third kappa shape index (κ3) is 6.27. The maximum Gasteiger partial charge on any atom is 0.303 e. The zero-order valence-corrected chi connectivity index (χ0v) is 15.4. The van der Waals surface area contributed by atoms with E-state index in [0.29, 0.717) is 18.3 Å². The molecular formula is C21H34O4. The molecule has 0 aliphatic heterocycles. The van der Waals surface area contributed by atoms with Gasteiger partial charge in [0.2, 0.25) is 0 Å². The molecule has 2 rings (SSSR count). The van der Waals surface area contributed by atoms with Crippen LogP contribution in [0.1, 0.15) is 71.1 Å². The van der Waals surface area contributed by atoms with Gasteiger partial charge in [0.15, 0.2) is 0 Å². The number of unbranched alkanes of at least 4 members (excludes halogenated alkanes) is 2. The molecule has 0 saturated heterocycles. The SMILES string of the molecule is CCCCCC(O)C=C[C@H]1[C@H]2CCC(CCCC(=O)O)=C[C@@H]2C[C@H]1O. The highest BCUT2D eigenvalue weighted by molar-refractivity contribution is 5.66. The molecule has 0 bridgehead atoms. The topological polar surface area (TPSA) is 77.8 Å². The first kappa shape index (κ1) is 20.2. The summed E-state index contributed by atoms with van der Waals surface area (Å²) in [5.41, 5.74) is 1.36. The smallest absolute Gasteiger partial charge is 0.303 e. The lowest BCUT2D eigenvalue weighted by atomic mass is 9.78. The van der Waals surface area contributed by atoms with Crippen molar-refractivity contribution >= 4 is 5.97 Å². The molecule has 0 aromatic heterocycles. The molecule has 1 unspecified atom stereocenters. The molecule has 2 aliphatic carbocycles. The van der Waals surface area contributed by atoms with Crippen molar-refractivity contribution < 1.29 is 20.1 Å². The molecule has 142 valence electrons. The van der Waals surface area contributed by atoms with Gasteiger partial charge in [-0.2, -0.15) is 0 Å². The van der Waals surface area contributed by atoms with Crippen molar-refractivity contribution in [3.8, 4) is 0 Å².